The van der Waals surface area contributed by atoms with Crippen LogP contribution in [-0.2, 0) is 44.5 Å². The van der Waals surface area contributed by atoms with Gasteiger partial charge in [-0.15, -0.1) is 0 Å². The maximum Gasteiger partial charge on any atom is 0.429 e. The molecule has 312 valence electrons. The molecule has 59 heavy (non-hydrogen) atoms. The number of aromatic amines is 2. The number of nitrogens with zero attached hydrogens (tertiary/aromatic N) is 2. The van der Waals surface area contributed by atoms with E-state index in [4.69, 9.17) is 28.9 Å². The third kappa shape index (κ3) is 6.71. The van der Waals surface area contributed by atoms with E-state index in [0.29, 0.717) is 34.3 Å². The molecule has 0 radical (unpaired) electrons. The van der Waals surface area contributed by atoms with Gasteiger partial charge >= 0.3 is 30.1 Å². The summed E-state index contributed by atoms with van der Waals surface area (Å²) in [4.78, 5) is 68.2. The fourth-order valence-electron chi connectivity index (χ4n) is 8.90. The van der Waals surface area contributed by atoms with Crippen molar-refractivity contribution < 1.29 is 51.3 Å². The SMILES string of the molecule is COC(=O)CCC1=C(C)c2cc3nc(cc4cc(C)c(cc5[nH]c(cc1n2)c(CCC(=O)OC)c5C)[nH]4)C(C)=C3[C@H](OC(=O)[C@@]12CC[C@@](C)(C(=O)O1)C2(C)C)C(F)(F)F. The molecule has 1 aliphatic carbocycles. The average Bonchev–Trinajstić information content (AvgIpc) is 3.93. The Morgan fingerprint density at radius 1 is 0.797 bits per heavy atom. The molecular weight excluding hydrogens is 769 g/mol. The van der Waals surface area contributed by atoms with Gasteiger partial charge in [0.15, 0.2) is 0 Å². The van der Waals surface area contributed by atoms with E-state index in [-0.39, 0.29) is 60.7 Å². The zero-order valence-corrected chi connectivity index (χ0v) is 34.5. The number of methoxy groups -OCH3 is 2. The quantitative estimate of drug-likeness (QED) is 0.158. The number of nitrogens with one attached hydrogen (secondary N) is 2. The lowest BCUT2D eigenvalue weighted by molar-refractivity contribution is -0.220. The standard InChI is InChI=1S/C44H47F3N4O8/c1-21-16-25-17-29-24(4)37(38(44(45,46)47)58-40(55)43-15-14-42(7,39(54)59-43)41(43,5)6)34(51-29)19-31-23(3)27(11-13-36(53)57-9)33(50-31)20-32-26(10-12-35(52)56-8)22(2)30(49-32)18-28(21)48-25/h16-20,38,48-49H,10-15H2,1-9H3/t38-,42-,43+/m0/s1. The van der Waals surface area contributed by atoms with Crippen LogP contribution in [0.15, 0.2) is 30.3 Å². The van der Waals surface area contributed by atoms with E-state index in [1.807, 2.05) is 26.0 Å². The van der Waals surface area contributed by atoms with Crippen molar-refractivity contribution in [1.82, 2.24) is 19.9 Å². The lowest BCUT2D eigenvalue weighted by Gasteiger charge is -2.36. The average molecular weight is 817 g/mol. The fraction of sp³-hybridized carbons (Fsp3) is 0.455. The Morgan fingerprint density at radius 3 is 2.05 bits per heavy atom. The van der Waals surface area contributed by atoms with Gasteiger partial charge in [0.2, 0.25) is 11.7 Å². The number of aryl methyl sites for hydroxylation is 3. The van der Waals surface area contributed by atoms with Crippen LogP contribution in [0.1, 0.15) is 106 Å². The number of halogens is 3. The molecule has 0 aromatic carbocycles. The van der Waals surface area contributed by atoms with Crippen LogP contribution in [0.5, 0.6) is 0 Å². The molecule has 3 aliphatic heterocycles. The molecule has 7 rings (SSSR count). The van der Waals surface area contributed by atoms with Gasteiger partial charge in [-0.1, -0.05) is 13.8 Å². The van der Waals surface area contributed by atoms with Crippen LogP contribution in [0.2, 0.25) is 0 Å². The molecule has 3 atom stereocenters. The molecule has 3 aromatic rings. The first kappa shape index (κ1) is 41.4. The highest BCUT2D eigenvalue weighted by Gasteiger charge is 2.77. The fourth-order valence-corrected chi connectivity index (χ4v) is 8.90. The Labute approximate surface area is 338 Å². The Hall–Kier alpha value is -5.73. The van der Waals surface area contributed by atoms with Gasteiger partial charge in [-0.05, 0) is 124 Å². The number of rotatable bonds is 9. The second kappa shape index (κ2) is 14.5. The molecule has 2 N–H and O–H groups in total. The van der Waals surface area contributed by atoms with Gasteiger partial charge in [-0.25, -0.2) is 14.8 Å². The van der Waals surface area contributed by atoms with Gasteiger partial charge in [-0.3, -0.25) is 14.4 Å². The van der Waals surface area contributed by atoms with Crippen molar-refractivity contribution in [2.75, 3.05) is 14.2 Å². The van der Waals surface area contributed by atoms with Crippen LogP contribution >= 0.6 is 0 Å². The normalized spacial score (nSPS) is 21.5. The number of carbonyl (C=O) groups excluding carboxylic acids is 4. The lowest BCUT2D eigenvalue weighted by atomic mass is 9.66. The summed E-state index contributed by atoms with van der Waals surface area (Å²) in [6.45, 7) is 12.0. The predicted molar refractivity (Wildman–Crippen MR) is 213 cm³/mol. The minimum Gasteiger partial charge on any atom is -0.469 e. The molecule has 0 spiro atoms. The second-order valence-corrected chi connectivity index (χ2v) is 16.5. The highest BCUT2D eigenvalue weighted by molar-refractivity contribution is 5.99. The molecule has 15 heteroatoms. The van der Waals surface area contributed by atoms with E-state index in [1.165, 1.54) is 27.2 Å². The Kier molecular flexibility index (Phi) is 10.2. The van der Waals surface area contributed by atoms with Crippen LogP contribution in [0, 0.1) is 24.7 Å². The lowest BCUT2D eigenvalue weighted by Crippen LogP contribution is -2.51. The van der Waals surface area contributed by atoms with Gasteiger partial charge in [0, 0.05) is 45.9 Å². The third-order valence-electron chi connectivity index (χ3n) is 13.2. The molecule has 6 heterocycles. The van der Waals surface area contributed by atoms with Crippen molar-refractivity contribution in [2.24, 2.45) is 10.8 Å². The zero-order valence-electron chi connectivity index (χ0n) is 34.5. The number of alkyl halides is 3. The van der Waals surface area contributed by atoms with E-state index < -0.39 is 52.2 Å². The van der Waals surface area contributed by atoms with E-state index >= 15 is 13.2 Å². The minimum atomic E-state index is -5.12. The Balaban J connectivity index is 1.47. The molecular formula is C44H47F3N4O8. The number of allylic oxidation sites excluding steroid dienone is 3. The number of esters is 4. The summed E-state index contributed by atoms with van der Waals surface area (Å²) in [7, 11) is 2.61. The third-order valence-corrected chi connectivity index (χ3v) is 13.2. The predicted octanol–water partition coefficient (Wildman–Crippen LogP) is 8.45. The molecule has 0 amide bonds. The molecule has 10 bridgehead atoms. The summed E-state index contributed by atoms with van der Waals surface area (Å²) in [5.41, 5.74) is 2.85. The van der Waals surface area contributed by atoms with E-state index in [9.17, 15) is 19.2 Å². The minimum absolute atomic E-state index is 0.00140. The largest absolute Gasteiger partial charge is 0.469 e. The number of aromatic nitrogens is 4. The Morgan fingerprint density at radius 2 is 1.44 bits per heavy atom. The van der Waals surface area contributed by atoms with Gasteiger partial charge < -0.3 is 28.9 Å². The zero-order chi connectivity index (χ0) is 43.0. The number of hydrogen-bond donors (Lipinski definition) is 2. The first-order valence-corrected chi connectivity index (χ1v) is 19.4. The molecule has 1 saturated carbocycles. The van der Waals surface area contributed by atoms with Gasteiger partial charge in [0.1, 0.15) is 0 Å². The summed E-state index contributed by atoms with van der Waals surface area (Å²) < 4.78 is 67.4. The van der Waals surface area contributed by atoms with E-state index in [1.54, 1.807) is 39.8 Å². The van der Waals surface area contributed by atoms with Gasteiger partial charge in [0.05, 0.1) is 42.4 Å². The summed E-state index contributed by atoms with van der Waals surface area (Å²) in [6, 6.07) is 8.63. The van der Waals surface area contributed by atoms with Crippen LogP contribution in [0.3, 0.4) is 0 Å². The summed E-state index contributed by atoms with van der Waals surface area (Å²) in [6.07, 6.45) is -6.99. The van der Waals surface area contributed by atoms with Crippen LogP contribution in [0.25, 0.3) is 44.4 Å². The smallest absolute Gasteiger partial charge is 0.429 e. The first-order chi connectivity index (χ1) is 27.6. The van der Waals surface area contributed by atoms with Gasteiger partial charge in [-0.2, -0.15) is 13.2 Å². The van der Waals surface area contributed by atoms with Crippen LogP contribution in [0.4, 0.5) is 13.2 Å². The maximum absolute atomic E-state index is 15.5. The Bertz CT molecular complexity index is 2560. The number of hydrogen-bond acceptors (Lipinski definition) is 10. The molecule has 1 saturated heterocycles. The molecule has 4 aliphatic rings. The molecule has 12 nitrogen and oxygen atoms in total. The number of fused-ring (bicyclic) bond motifs is 10. The van der Waals surface area contributed by atoms with Crippen molar-refractivity contribution in [1.29, 1.82) is 0 Å². The van der Waals surface area contributed by atoms with Crippen molar-refractivity contribution in [2.45, 2.75) is 105 Å². The summed E-state index contributed by atoms with van der Waals surface area (Å²) in [5, 5.41) is 0. The highest BCUT2D eigenvalue weighted by atomic mass is 19.4. The summed E-state index contributed by atoms with van der Waals surface area (Å²) >= 11 is 0. The molecule has 2 fully saturated rings. The van der Waals surface area contributed by atoms with Crippen molar-refractivity contribution in [3.63, 3.8) is 0 Å². The van der Waals surface area contributed by atoms with Crippen LogP contribution in [-0.4, -0.2) is 75.9 Å². The van der Waals surface area contributed by atoms with Crippen LogP contribution < -0.4 is 0 Å². The second-order valence-electron chi connectivity index (χ2n) is 16.5. The summed E-state index contributed by atoms with van der Waals surface area (Å²) in [5.74, 6) is -2.77. The van der Waals surface area contributed by atoms with Crippen molar-refractivity contribution >= 4 is 68.2 Å². The van der Waals surface area contributed by atoms with E-state index in [0.717, 1.165) is 27.7 Å². The molecule has 3 aromatic heterocycles. The van der Waals surface area contributed by atoms with Gasteiger partial charge in [0.25, 0.3) is 0 Å². The molecule has 0 unspecified atom stereocenters. The maximum atomic E-state index is 15.5. The van der Waals surface area contributed by atoms with E-state index in [2.05, 4.69) is 9.97 Å². The monoisotopic (exact) mass is 816 g/mol. The number of ether oxygens (including phenoxy) is 4. The topological polar surface area (TPSA) is 163 Å². The number of carbonyl (C=O) groups is 4. The first-order valence-electron chi connectivity index (χ1n) is 19.4. The van der Waals surface area contributed by atoms with Crippen molar-refractivity contribution in [3.05, 3.63) is 69.8 Å². The highest BCUT2D eigenvalue weighted by Crippen LogP contribution is 2.66. The van der Waals surface area contributed by atoms with Crippen molar-refractivity contribution in [3.8, 4) is 0 Å². The number of H-pyrrole nitrogens is 2.